The molecule has 2 heterocycles. The van der Waals surface area contributed by atoms with Gasteiger partial charge in [0.2, 0.25) is 10.0 Å². The lowest BCUT2D eigenvalue weighted by molar-refractivity contribution is 0.0537. The number of sulfonamides is 1. The van der Waals surface area contributed by atoms with E-state index in [1.165, 1.54) is 12.3 Å². The third kappa shape index (κ3) is 3.28. The van der Waals surface area contributed by atoms with E-state index in [9.17, 15) is 8.42 Å². The van der Waals surface area contributed by atoms with E-state index >= 15 is 0 Å². The van der Waals surface area contributed by atoms with Crippen molar-refractivity contribution in [3.8, 4) is 0 Å². The number of aromatic nitrogens is 1. The number of ether oxygens (including phenoxy) is 1. The largest absolute Gasteiger partial charge is 0.381 e. The predicted octanol–water partition coefficient (Wildman–Crippen LogP) is 1.69. The van der Waals surface area contributed by atoms with Gasteiger partial charge in [0.15, 0.2) is 0 Å². The van der Waals surface area contributed by atoms with Crippen molar-refractivity contribution >= 4 is 26.0 Å². The van der Waals surface area contributed by atoms with Gasteiger partial charge in [-0.1, -0.05) is 0 Å². The number of halogens is 1. The maximum Gasteiger partial charge on any atom is 0.242 e. The van der Waals surface area contributed by atoms with E-state index in [1.54, 1.807) is 6.20 Å². The van der Waals surface area contributed by atoms with E-state index in [2.05, 4.69) is 25.6 Å². The molecule has 1 fully saturated rings. The first kappa shape index (κ1) is 13.9. The first-order valence-corrected chi connectivity index (χ1v) is 7.91. The van der Waals surface area contributed by atoms with Crippen LogP contribution in [0, 0.1) is 0 Å². The van der Waals surface area contributed by atoms with Gasteiger partial charge in [-0.15, -0.1) is 0 Å². The molecule has 0 amide bonds. The van der Waals surface area contributed by atoms with Crippen LogP contribution in [0.4, 0.5) is 0 Å². The normalized spacial score (nSPS) is 19.7. The molecule has 1 N–H and O–H groups in total. The van der Waals surface area contributed by atoms with E-state index in [-0.39, 0.29) is 4.90 Å². The first-order valence-electron chi connectivity index (χ1n) is 5.64. The highest BCUT2D eigenvalue weighted by atomic mass is 79.9. The van der Waals surface area contributed by atoms with Crippen molar-refractivity contribution in [2.75, 3.05) is 13.2 Å². The van der Waals surface area contributed by atoms with Gasteiger partial charge in [0, 0.05) is 35.6 Å². The van der Waals surface area contributed by atoms with Crippen LogP contribution in [0.25, 0.3) is 0 Å². The van der Waals surface area contributed by atoms with Gasteiger partial charge < -0.3 is 4.74 Å². The maximum absolute atomic E-state index is 12.2. The van der Waals surface area contributed by atoms with Crippen LogP contribution in [0.15, 0.2) is 27.8 Å². The summed E-state index contributed by atoms with van der Waals surface area (Å²) in [6, 6.07) is 1.54. The SMILES string of the molecule is CC1(NS(=O)(=O)c2cncc(Br)c2)CCOCC1. The van der Waals surface area contributed by atoms with Crippen LogP contribution < -0.4 is 4.72 Å². The molecule has 7 heteroatoms. The Labute approximate surface area is 115 Å². The molecule has 0 spiro atoms. The van der Waals surface area contributed by atoms with Crippen LogP contribution >= 0.6 is 15.9 Å². The van der Waals surface area contributed by atoms with Crippen molar-refractivity contribution in [1.82, 2.24) is 9.71 Å². The van der Waals surface area contributed by atoms with Gasteiger partial charge >= 0.3 is 0 Å². The van der Waals surface area contributed by atoms with Crippen molar-refractivity contribution in [2.24, 2.45) is 0 Å². The van der Waals surface area contributed by atoms with Gasteiger partial charge in [-0.3, -0.25) is 4.98 Å². The van der Waals surface area contributed by atoms with Gasteiger partial charge in [0.05, 0.1) is 0 Å². The highest BCUT2D eigenvalue weighted by Gasteiger charge is 2.32. The van der Waals surface area contributed by atoms with Crippen LogP contribution in [0.5, 0.6) is 0 Å². The lowest BCUT2D eigenvalue weighted by Gasteiger charge is -2.33. The zero-order chi connectivity index (χ0) is 13.2. The Morgan fingerprint density at radius 1 is 1.39 bits per heavy atom. The Hall–Kier alpha value is -0.500. The summed E-state index contributed by atoms with van der Waals surface area (Å²) < 4.78 is 33.1. The van der Waals surface area contributed by atoms with Crippen LogP contribution in [0.1, 0.15) is 19.8 Å². The molecule has 1 saturated heterocycles. The summed E-state index contributed by atoms with van der Waals surface area (Å²) in [7, 11) is -3.54. The average molecular weight is 335 g/mol. The van der Waals surface area contributed by atoms with Crippen molar-refractivity contribution in [1.29, 1.82) is 0 Å². The van der Waals surface area contributed by atoms with Crippen molar-refractivity contribution < 1.29 is 13.2 Å². The number of nitrogens with zero attached hydrogens (tertiary/aromatic N) is 1. The summed E-state index contributed by atoms with van der Waals surface area (Å²) in [5, 5.41) is 0. The molecule has 0 aliphatic carbocycles. The quantitative estimate of drug-likeness (QED) is 0.913. The average Bonchev–Trinajstić information content (AvgIpc) is 2.28. The van der Waals surface area contributed by atoms with E-state index < -0.39 is 15.6 Å². The molecular weight excluding hydrogens is 320 g/mol. The molecule has 1 aliphatic heterocycles. The third-order valence-corrected chi connectivity index (χ3v) is 5.01. The lowest BCUT2D eigenvalue weighted by Crippen LogP contribution is -2.49. The third-order valence-electron chi connectivity index (χ3n) is 2.97. The number of pyridine rings is 1. The Balaban J connectivity index is 2.21. The zero-order valence-electron chi connectivity index (χ0n) is 10.0. The fraction of sp³-hybridized carbons (Fsp3) is 0.545. The summed E-state index contributed by atoms with van der Waals surface area (Å²) in [6.45, 7) is 3.06. The molecular formula is C11H15BrN2O3S. The van der Waals surface area contributed by atoms with E-state index in [4.69, 9.17) is 4.74 Å². The molecule has 2 rings (SSSR count). The van der Waals surface area contributed by atoms with Crippen LogP contribution in [-0.4, -0.2) is 32.2 Å². The topological polar surface area (TPSA) is 68.3 Å². The standard InChI is InChI=1S/C11H15BrN2O3S/c1-11(2-4-17-5-3-11)14-18(15,16)10-6-9(12)7-13-8-10/h6-8,14H,2-5H2,1H3. The molecule has 5 nitrogen and oxygen atoms in total. The molecule has 0 bridgehead atoms. The summed E-state index contributed by atoms with van der Waals surface area (Å²) in [5.74, 6) is 0. The van der Waals surface area contributed by atoms with E-state index in [1.807, 2.05) is 6.92 Å². The van der Waals surface area contributed by atoms with Crippen molar-refractivity contribution in [3.05, 3.63) is 22.9 Å². The van der Waals surface area contributed by atoms with Gasteiger partial charge in [0.25, 0.3) is 0 Å². The van der Waals surface area contributed by atoms with Gasteiger partial charge in [-0.25, -0.2) is 13.1 Å². The van der Waals surface area contributed by atoms with Gasteiger partial charge in [-0.05, 0) is 41.8 Å². The Morgan fingerprint density at radius 2 is 2.06 bits per heavy atom. The van der Waals surface area contributed by atoms with E-state index in [0.29, 0.717) is 30.5 Å². The second-order valence-electron chi connectivity index (χ2n) is 4.62. The Kier molecular flexibility index (Phi) is 4.05. The minimum atomic E-state index is -3.54. The molecule has 1 aromatic rings. The van der Waals surface area contributed by atoms with Gasteiger partial charge in [-0.2, -0.15) is 0 Å². The minimum absolute atomic E-state index is 0.171. The molecule has 0 saturated carbocycles. The smallest absolute Gasteiger partial charge is 0.242 e. The van der Waals surface area contributed by atoms with E-state index in [0.717, 1.165) is 0 Å². The highest BCUT2D eigenvalue weighted by Crippen LogP contribution is 2.23. The number of hydrogen-bond donors (Lipinski definition) is 1. The van der Waals surface area contributed by atoms with Crippen LogP contribution in [0.2, 0.25) is 0 Å². The van der Waals surface area contributed by atoms with Crippen molar-refractivity contribution in [3.63, 3.8) is 0 Å². The highest BCUT2D eigenvalue weighted by molar-refractivity contribution is 9.10. The maximum atomic E-state index is 12.2. The first-order chi connectivity index (χ1) is 8.41. The van der Waals surface area contributed by atoms with Crippen molar-refractivity contribution in [2.45, 2.75) is 30.2 Å². The molecule has 0 unspecified atom stereocenters. The summed E-state index contributed by atoms with van der Waals surface area (Å²) in [5.41, 5.74) is -0.445. The molecule has 0 aromatic carbocycles. The number of hydrogen-bond acceptors (Lipinski definition) is 4. The van der Waals surface area contributed by atoms with Gasteiger partial charge in [0.1, 0.15) is 4.90 Å². The fourth-order valence-corrected chi connectivity index (χ4v) is 3.82. The van der Waals surface area contributed by atoms with Crippen LogP contribution in [0.3, 0.4) is 0 Å². The second-order valence-corrected chi connectivity index (χ2v) is 7.22. The summed E-state index contributed by atoms with van der Waals surface area (Å²) in [6.07, 6.45) is 4.24. The monoisotopic (exact) mass is 334 g/mol. The van der Waals surface area contributed by atoms with Crippen LogP contribution in [-0.2, 0) is 14.8 Å². The number of rotatable bonds is 3. The minimum Gasteiger partial charge on any atom is -0.381 e. The molecule has 100 valence electrons. The lowest BCUT2D eigenvalue weighted by atomic mass is 9.94. The summed E-state index contributed by atoms with van der Waals surface area (Å²) in [4.78, 5) is 4.05. The predicted molar refractivity (Wildman–Crippen MR) is 70.7 cm³/mol. The second kappa shape index (κ2) is 5.24. The number of nitrogens with one attached hydrogen (secondary N) is 1. The fourth-order valence-electron chi connectivity index (χ4n) is 1.85. The molecule has 0 atom stereocenters. The Morgan fingerprint density at radius 3 is 2.67 bits per heavy atom. The zero-order valence-corrected chi connectivity index (χ0v) is 12.4. The molecule has 1 aliphatic rings. The molecule has 1 aromatic heterocycles. The Bertz CT molecular complexity index is 527. The molecule has 18 heavy (non-hydrogen) atoms. The molecule has 0 radical (unpaired) electrons. The summed E-state index contributed by atoms with van der Waals surface area (Å²) >= 11 is 3.22.